The van der Waals surface area contributed by atoms with Crippen LogP contribution in [-0.4, -0.2) is 26.2 Å². The fourth-order valence-corrected chi connectivity index (χ4v) is 1.07. The van der Waals surface area contributed by atoms with E-state index in [-0.39, 0.29) is 6.42 Å². The van der Waals surface area contributed by atoms with E-state index in [9.17, 15) is 9.59 Å². The first kappa shape index (κ1) is 13.7. The Balaban J connectivity index is 4.36. The molecule has 86 valence electrons. The van der Waals surface area contributed by atoms with Crippen molar-refractivity contribution >= 4 is 11.9 Å². The number of carbonyl (C=O) groups is 2. The van der Waals surface area contributed by atoms with Gasteiger partial charge in [-0.15, -0.1) is 0 Å². The third-order valence-electron chi connectivity index (χ3n) is 1.96. The number of rotatable bonds is 6. The van der Waals surface area contributed by atoms with E-state index in [2.05, 4.69) is 16.4 Å². The first-order chi connectivity index (χ1) is 7.15. The van der Waals surface area contributed by atoms with Gasteiger partial charge in [-0.2, -0.15) is 0 Å². The number of unbranched alkanes of at least 4 members (excludes halogenated alkanes) is 2. The Hall–Kier alpha value is -1.32. The summed E-state index contributed by atoms with van der Waals surface area (Å²) < 4.78 is 9.07. The lowest BCUT2D eigenvalue weighted by molar-refractivity contribution is -0.143. The van der Waals surface area contributed by atoms with Crippen LogP contribution in [0.4, 0.5) is 0 Å². The van der Waals surface area contributed by atoms with Gasteiger partial charge in [-0.05, 0) is 6.42 Å². The van der Waals surface area contributed by atoms with Crippen molar-refractivity contribution in [3.63, 3.8) is 0 Å². The smallest absolute Gasteiger partial charge is 0.333 e. The van der Waals surface area contributed by atoms with Crippen LogP contribution in [0, 0.1) is 0 Å². The summed E-state index contributed by atoms with van der Waals surface area (Å²) in [4.78, 5) is 22.3. The van der Waals surface area contributed by atoms with Crippen molar-refractivity contribution in [3.05, 3.63) is 11.6 Å². The minimum Gasteiger partial charge on any atom is -0.469 e. The molecule has 0 saturated carbocycles. The van der Waals surface area contributed by atoms with Crippen LogP contribution in [-0.2, 0) is 19.1 Å². The standard InChI is InChI=1S/C11H18O4/c1-4-5-6-7-9(11(13)15-3)8-10(12)14-2/h7H,4-6,8H2,1-3H3/b9-7+. The second-order valence-electron chi connectivity index (χ2n) is 3.12. The number of esters is 2. The van der Waals surface area contributed by atoms with Gasteiger partial charge in [0.25, 0.3) is 0 Å². The van der Waals surface area contributed by atoms with Gasteiger partial charge in [-0.1, -0.05) is 25.8 Å². The first-order valence-corrected chi connectivity index (χ1v) is 4.99. The molecule has 0 saturated heterocycles. The Kier molecular flexibility index (Phi) is 7.32. The van der Waals surface area contributed by atoms with Gasteiger partial charge in [0.15, 0.2) is 0 Å². The van der Waals surface area contributed by atoms with Crippen LogP contribution >= 0.6 is 0 Å². The molecule has 0 spiro atoms. The highest BCUT2D eigenvalue weighted by atomic mass is 16.5. The van der Waals surface area contributed by atoms with Crippen molar-refractivity contribution in [1.29, 1.82) is 0 Å². The van der Waals surface area contributed by atoms with Gasteiger partial charge < -0.3 is 9.47 Å². The van der Waals surface area contributed by atoms with Gasteiger partial charge >= 0.3 is 11.9 Å². The van der Waals surface area contributed by atoms with Crippen LogP contribution in [0.15, 0.2) is 11.6 Å². The predicted octanol–water partition coefficient (Wildman–Crippen LogP) is 1.84. The third kappa shape index (κ3) is 5.88. The summed E-state index contributed by atoms with van der Waals surface area (Å²) in [6.07, 6.45) is 4.53. The summed E-state index contributed by atoms with van der Waals surface area (Å²) in [5.74, 6) is -0.889. The Morgan fingerprint density at radius 3 is 2.33 bits per heavy atom. The van der Waals surface area contributed by atoms with Gasteiger partial charge in [0.05, 0.1) is 20.6 Å². The lowest BCUT2D eigenvalue weighted by Gasteiger charge is -2.04. The van der Waals surface area contributed by atoms with E-state index in [1.54, 1.807) is 6.08 Å². The predicted molar refractivity (Wildman–Crippen MR) is 56.3 cm³/mol. The van der Waals surface area contributed by atoms with Crippen LogP contribution in [0.25, 0.3) is 0 Å². The summed E-state index contributed by atoms with van der Waals surface area (Å²) in [6, 6.07) is 0. The number of ether oxygens (including phenoxy) is 2. The van der Waals surface area contributed by atoms with Crippen molar-refractivity contribution < 1.29 is 19.1 Å². The van der Waals surface area contributed by atoms with Crippen molar-refractivity contribution in [2.24, 2.45) is 0 Å². The van der Waals surface area contributed by atoms with Crippen molar-refractivity contribution in [3.8, 4) is 0 Å². The molecule has 0 aliphatic carbocycles. The normalized spacial score (nSPS) is 11.0. The second-order valence-corrected chi connectivity index (χ2v) is 3.12. The van der Waals surface area contributed by atoms with E-state index in [0.717, 1.165) is 19.3 Å². The molecule has 0 N–H and O–H groups in total. The highest BCUT2D eigenvalue weighted by Crippen LogP contribution is 2.08. The molecule has 0 fully saturated rings. The molecule has 15 heavy (non-hydrogen) atoms. The van der Waals surface area contributed by atoms with Crippen LogP contribution in [0.5, 0.6) is 0 Å². The SMILES string of the molecule is CCCC/C=C(\CC(=O)OC)C(=O)OC. The van der Waals surface area contributed by atoms with E-state index in [1.165, 1.54) is 14.2 Å². The zero-order valence-corrected chi connectivity index (χ0v) is 9.54. The van der Waals surface area contributed by atoms with Gasteiger partial charge in [0.2, 0.25) is 0 Å². The summed E-state index contributed by atoms with van der Waals surface area (Å²) in [7, 11) is 2.59. The summed E-state index contributed by atoms with van der Waals surface area (Å²) in [5.41, 5.74) is 0.373. The van der Waals surface area contributed by atoms with Crippen LogP contribution in [0.2, 0.25) is 0 Å². The quantitative estimate of drug-likeness (QED) is 0.384. The lowest BCUT2D eigenvalue weighted by Crippen LogP contribution is -2.11. The van der Waals surface area contributed by atoms with Crippen molar-refractivity contribution in [2.75, 3.05) is 14.2 Å². The average Bonchev–Trinajstić information content (AvgIpc) is 2.26. The molecule has 0 aromatic heterocycles. The number of carbonyl (C=O) groups excluding carboxylic acids is 2. The number of allylic oxidation sites excluding steroid dienone is 1. The molecule has 0 bridgehead atoms. The van der Waals surface area contributed by atoms with Gasteiger partial charge in [-0.3, -0.25) is 4.79 Å². The van der Waals surface area contributed by atoms with E-state index in [1.807, 2.05) is 0 Å². The Morgan fingerprint density at radius 1 is 1.20 bits per heavy atom. The largest absolute Gasteiger partial charge is 0.469 e. The van der Waals surface area contributed by atoms with Crippen LogP contribution in [0.3, 0.4) is 0 Å². The molecule has 0 heterocycles. The minimum absolute atomic E-state index is 0.0209. The monoisotopic (exact) mass is 214 g/mol. The maximum Gasteiger partial charge on any atom is 0.333 e. The molecule has 0 aliphatic rings. The van der Waals surface area contributed by atoms with Gasteiger partial charge in [0, 0.05) is 5.57 Å². The molecule has 0 aromatic rings. The number of hydrogen-bond donors (Lipinski definition) is 0. The molecular weight excluding hydrogens is 196 g/mol. The molecule has 0 unspecified atom stereocenters. The number of methoxy groups -OCH3 is 2. The fraction of sp³-hybridized carbons (Fsp3) is 0.636. The van der Waals surface area contributed by atoms with Crippen LogP contribution < -0.4 is 0 Å². The molecule has 4 nitrogen and oxygen atoms in total. The van der Waals surface area contributed by atoms with E-state index in [4.69, 9.17) is 0 Å². The van der Waals surface area contributed by atoms with Gasteiger partial charge in [0.1, 0.15) is 0 Å². The Labute approximate surface area is 90.2 Å². The van der Waals surface area contributed by atoms with E-state index in [0.29, 0.717) is 5.57 Å². The minimum atomic E-state index is -0.462. The molecule has 0 atom stereocenters. The molecule has 0 aromatic carbocycles. The summed E-state index contributed by atoms with van der Waals surface area (Å²) >= 11 is 0. The molecule has 0 aliphatic heterocycles. The summed E-state index contributed by atoms with van der Waals surface area (Å²) in [6.45, 7) is 2.06. The Morgan fingerprint density at radius 2 is 1.87 bits per heavy atom. The maximum atomic E-state index is 11.3. The third-order valence-corrected chi connectivity index (χ3v) is 1.96. The second kappa shape index (κ2) is 8.03. The highest BCUT2D eigenvalue weighted by molar-refractivity contribution is 5.93. The lowest BCUT2D eigenvalue weighted by atomic mass is 10.1. The van der Waals surface area contributed by atoms with Crippen molar-refractivity contribution in [1.82, 2.24) is 0 Å². The molecule has 0 rings (SSSR count). The zero-order chi connectivity index (χ0) is 11.7. The van der Waals surface area contributed by atoms with Crippen LogP contribution in [0.1, 0.15) is 32.6 Å². The van der Waals surface area contributed by atoms with E-state index >= 15 is 0 Å². The fourth-order valence-electron chi connectivity index (χ4n) is 1.07. The Bertz CT molecular complexity index is 243. The van der Waals surface area contributed by atoms with E-state index < -0.39 is 11.9 Å². The maximum absolute atomic E-state index is 11.3. The molecular formula is C11H18O4. The molecule has 0 radical (unpaired) electrons. The first-order valence-electron chi connectivity index (χ1n) is 4.99. The molecule has 4 heteroatoms. The zero-order valence-electron chi connectivity index (χ0n) is 9.54. The molecule has 0 amide bonds. The van der Waals surface area contributed by atoms with Crippen molar-refractivity contribution in [2.45, 2.75) is 32.6 Å². The summed E-state index contributed by atoms with van der Waals surface area (Å²) in [5, 5.41) is 0. The van der Waals surface area contributed by atoms with Gasteiger partial charge in [-0.25, -0.2) is 4.79 Å². The highest BCUT2D eigenvalue weighted by Gasteiger charge is 2.13. The number of hydrogen-bond acceptors (Lipinski definition) is 4. The topological polar surface area (TPSA) is 52.6 Å². The average molecular weight is 214 g/mol.